The van der Waals surface area contributed by atoms with E-state index in [4.69, 9.17) is 24.4 Å². The molecular weight excluding hydrogens is 484 g/mol. The van der Waals surface area contributed by atoms with Gasteiger partial charge in [0.25, 0.3) is 0 Å². The number of carbonyl (C=O) groups is 4. The molecule has 0 aliphatic carbocycles. The Balaban J connectivity index is -0.000000436. The van der Waals surface area contributed by atoms with Crippen LogP contribution in [0.2, 0.25) is 0 Å². The minimum Gasteiger partial charge on any atom is -0.478 e. The highest BCUT2D eigenvalue weighted by Gasteiger charge is 2.24. The number of hydrogen-bond donors (Lipinski definition) is 2. The number of esters is 3. The highest BCUT2D eigenvalue weighted by atomic mass is 16.6. The molecule has 1 rings (SSSR count). The minimum absolute atomic E-state index is 0.0761. The Morgan fingerprint density at radius 2 is 1.68 bits per heavy atom. The van der Waals surface area contributed by atoms with Gasteiger partial charge in [0.15, 0.2) is 0 Å². The second kappa shape index (κ2) is 27.3. The van der Waals surface area contributed by atoms with Gasteiger partial charge in [-0.1, -0.05) is 58.9 Å². The van der Waals surface area contributed by atoms with Crippen LogP contribution >= 0.6 is 0 Å². The van der Waals surface area contributed by atoms with Crippen molar-refractivity contribution < 1.29 is 48.3 Å². The van der Waals surface area contributed by atoms with E-state index in [0.29, 0.717) is 31.3 Å². The maximum absolute atomic E-state index is 10.8. The molecule has 0 spiro atoms. The van der Waals surface area contributed by atoms with Gasteiger partial charge >= 0.3 is 23.9 Å². The van der Waals surface area contributed by atoms with Crippen LogP contribution in [0.15, 0.2) is 50.1 Å². The summed E-state index contributed by atoms with van der Waals surface area (Å²) < 4.78 is 19.1. The molecule has 0 radical (unpaired) electrons. The Morgan fingerprint density at radius 1 is 1.08 bits per heavy atom. The third-order valence-corrected chi connectivity index (χ3v) is 4.16. The average Bonchev–Trinajstić information content (AvgIpc) is 3.71. The van der Waals surface area contributed by atoms with Gasteiger partial charge in [-0.05, 0) is 19.3 Å². The lowest BCUT2D eigenvalue weighted by atomic mass is 10.0. The Hall–Kier alpha value is -3.24. The summed E-state index contributed by atoms with van der Waals surface area (Å²) in [6.07, 6.45) is 8.49. The topological polar surface area (TPSA) is 149 Å². The first kappa shape index (κ1) is 38.3. The molecule has 0 aromatic heterocycles. The largest absolute Gasteiger partial charge is 0.478 e. The second-order valence-corrected chi connectivity index (χ2v) is 7.56. The summed E-state index contributed by atoms with van der Waals surface area (Å²) in [5.41, 5.74) is 0.431. The fraction of sp³-hybridized carbons (Fsp3) is 0.556. The van der Waals surface area contributed by atoms with Gasteiger partial charge in [-0.3, -0.25) is 4.79 Å². The van der Waals surface area contributed by atoms with Crippen molar-refractivity contribution in [2.45, 2.75) is 59.0 Å². The first-order valence-corrected chi connectivity index (χ1v) is 12.0. The first-order chi connectivity index (χ1) is 17.5. The van der Waals surface area contributed by atoms with Crippen molar-refractivity contribution >= 4 is 23.9 Å². The molecule has 2 N–H and O–H groups in total. The average molecular weight is 529 g/mol. The molecule has 10 heteroatoms. The van der Waals surface area contributed by atoms with Gasteiger partial charge in [-0.15, -0.1) is 6.58 Å². The third-order valence-electron chi connectivity index (χ3n) is 4.16. The van der Waals surface area contributed by atoms with E-state index in [9.17, 15) is 19.2 Å². The molecule has 2 unspecified atom stereocenters. The lowest BCUT2D eigenvalue weighted by Gasteiger charge is -2.13. The van der Waals surface area contributed by atoms with E-state index in [1.807, 2.05) is 0 Å². The molecule has 0 bridgehead atoms. The maximum Gasteiger partial charge on any atom is 0.333 e. The molecule has 212 valence electrons. The molecule has 0 aromatic carbocycles. The highest BCUT2D eigenvalue weighted by molar-refractivity contribution is 5.86. The van der Waals surface area contributed by atoms with E-state index >= 15 is 0 Å². The third kappa shape index (κ3) is 32.8. The Morgan fingerprint density at radius 3 is 2.05 bits per heavy atom. The molecule has 10 nitrogen and oxygen atoms in total. The first-order valence-electron chi connectivity index (χ1n) is 12.0. The summed E-state index contributed by atoms with van der Waals surface area (Å²) in [6.45, 7) is 20.6. The Kier molecular flexibility index (Phi) is 28.3. The Labute approximate surface area is 220 Å². The van der Waals surface area contributed by atoms with Crippen molar-refractivity contribution in [2.75, 3.05) is 33.0 Å². The van der Waals surface area contributed by atoms with Crippen LogP contribution in [-0.2, 0) is 38.1 Å². The van der Waals surface area contributed by atoms with Crippen LogP contribution in [-0.4, -0.2) is 73.2 Å². The zero-order valence-corrected chi connectivity index (χ0v) is 22.4. The fourth-order valence-corrected chi connectivity index (χ4v) is 1.95. The lowest BCUT2D eigenvalue weighted by Crippen LogP contribution is -2.12. The number of aliphatic carboxylic acids is 1. The molecular formula is C27H44O10. The summed E-state index contributed by atoms with van der Waals surface area (Å²) in [5.74, 6) is -1.46. The van der Waals surface area contributed by atoms with E-state index in [1.165, 1.54) is 25.0 Å². The van der Waals surface area contributed by atoms with E-state index in [1.54, 1.807) is 6.92 Å². The standard InChI is InChI=1S/C11H20O2.C7H10O3.C6H10O3.C3H4O2/c1-4-7-8-10(5-2)9-13-11(12)6-3;1-5(2)7(8)10-4-6-3-9-6;1-2-3-6(8)9-5-4-7;1-2-3(4)5/h6,10H,3-5,7-9H2,1-2H3;6H,1,3-4H2,2H3;2,7H,1,3-5H2;2H,1H2,(H,4,5). The smallest absolute Gasteiger partial charge is 0.333 e. The summed E-state index contributed by atoms with van der Waals surface area (Å²) in [4.78, 5) is 41.1. The quantitative estimate of drug-likeness (QED) is 0.106. The van der Waals surface area contributed by atoms with E-state index in [0.717, 1.165) is 18.9 Å². The van der Waals surface area contributed by atoms with Crippen LogP contribution in [0, 0.1) is 5.92 Å². The highest BCUT2D eigenvalue weighted by Crippen LogP contribution is 2.12. The number of aliphatic hydroxyl groups excluding tert-OH is 1. The maximum atomic E-state index is 10.8. The van der Waals surface area contributed by atoms with E-state index in [2.05, 4.69) is 44.9 Å². The number of ether oxygens (including phenoxy) is 4. The van der Waals surface area contributed by atoms with Crippen LogP contribution in [0.1, 0.15) is 52.9 Å². The molecule has 1 saturated heterocycles. The molecule has 0 aromatic rings. The minimum atomic E-state index is -0.981. The monoisotopic (exact) mass is 528 g/mol. The fourth-order valence-electron chi connectivity index (χ4n) is 1.95. The molecule has 1 fully saturated rings. The van der Waals surface area contributed by atoms with Crippen LogP contribution in [0.3, 0.4) is 0 Å². The number of carbonyl (C=O) groups excluding carboxylic acids is 3. The van der Waals surface area contributed by atoms with Gasteiger partial charge in [-0.25, -0.2) is 14.4 Å². The van der Waals surface area contributed by atoms with Crippen molar-refractivity contribution in [1.82, 2.24) is 0 Å². The van der Waals surface area contributed by atoms with Crippen LogP contribution in [0.5, 0.6) is 0 Å². The molecule has 1 aliphatic heterocycles. The van der Waals surface area contributed by atoms with Crippen molar-refractivity contribution in [1.29, 1.82) is 0 Å². The number of epoxide rings is 1. The predicted octanol–water partition coefficient (Wildman–Crippen LogP) is 3.79. The van der Waals surface area contributed by atoms with Crippen LogP contribution in [0.4, 0.5) is 0 Å². The van der Waals surface area contributed by atoms with Crippen molar-refractivity contribution in [3.8, 4) is 0 Å². The van der Waals surface area contributed by atoms with Crippen molar-refractivity contribution in [2.24, 2.45) is 5.92 Å². The van der Waals surface area contributed by atoms with Gasteiger partial charge in [0.2, 0.25) is 0 Å². The summed E-state index contributed by atoms with van der Waals surface area (Å²) in [5, 5.41) is 15.8. The second-order valence-electron chi connectivity index (χ2n) is 7.56. The molecule has 2 atom stereocenters. The number of carboxylic acids is 1. The van der Waals surface area contributed by atoms with Crippen LogP contribution in [0.25, 0.3) is 0 Å². The zero-order valence-electron chi connectivity index (χ0n) is 22.4. The number of rotatable bonds is 15. The predicted molar refractivity (Wildman–Crippen MR) is 141 cm³/mol. The van der Waals surface area contributed by atoms with E-state index < -0.39 is 5.97 Å². The number of aliphatic hydroxyl groups is 1. The van der Waals surface area contributed by atoms with Gasteiger partial charge in [-0.2, -0.15) is 0 Å². The van der Waals surface area contributed by atoms with Gasteiger partial charge < -0.3 is 29.2 Å². The van der Waals surface area contributed by atoms with E-state index in [-0.39, 0.29) is 43.6 Å². The van der Waals surface area contributed by atoms with Gasteiger partial charge in [0, 0.05) is 17.7 Å². The van der Waals surface area contributed by atoms with Gasteiger partial charge in [0.1, 0.15) is 19.3 Å². The molecule has 0 amide bonds. The number of hydrogen-bond acceptors (Lipinski definition) is 9. The van der Waals surface area contributed by atoms with Crippen LogP contribution < -0.4 is 0 Å². The van der Waals surface area contributed by atoms with Crippen molar-refractivity contribution in [3.05, 3.63) is 50.1 Å². The lowest BCUT2D eigenvalue weighted by molar-refractivity contribution is -0.143. The summed E-state index contributed by atoms with van der Waals surface area (Å²) in [7, 11) is 0. The number of carboxylic acid groups (broad SMARTS) is 1. The summed E-state index contributed by atoms with van der Waals surface area (Å²) in [6, 6.07) is 0. The molecule has 1 aliphatic rings. The normalized spacial score (nSPS) is 13.1. The zero-order chi connectivity index (χ0) is 29.1. The van der Waals surface area contributed by atoms with Crippen molar-refractivity contribution in [3.63, 3.8) is 0 Å². The Bertz CT molecular complexity index is 695. The molecule has 37 heavy (non-hydrogen) atoms. The SMILES string of the molecule is C=C(C)C(=O)OCC1CO1.C=CC(=O)O.C=CC(=O)OCC(CC)CCCC.C=CCC(=O)OCCO. The summed E-state index contributed by atoms with van der Waals surface area (Å²) >= 11 is 0. The van der Waals surface area contributed by atoms with Gasteiger partial charge in [0.05, 0.1) is 26.2 Å². The molecule has 0 saturated carbocycles. The number of unbranched alkanes of at least 4 members (excludes halogenated alkanes) is 1. The molecule has 1 heterocycles.